The molecule has 0 radical (unpaired) electrons. The van der Waals surface area contributed by atoms with Crippen LogP contribution in [0.25, 0.3) is 0 Å². The minimum Gasteiger partial charge on any atom is -0.493 e. The number of aromatic nitrogens is 3. The molecule has 0 bridgehead atoms. The second-order valence-electron chi connectivity index (χ2n) is 3.70. The van der Waals surface area contributed by atoms with Gasteiger partial charge in [-0.05, 0) is 6.42 Å². The number of hydrogen-bond donors (Lipinski definition) is 1. The van der Waals surface area contributed by atoms with Crippen LogP contribution in [0.3, 0.4) is 0 Å². The van der Waals surface area contributed by atoms with Gasteiger partial charge in [0.25, 0.3) is 0 Å². The zero-order valence-electron chi connectivity index (χ0n) is 9.96. The van der Waals surface area contributed by atoms with Crippen LogP contribution in [0.4, 0.5) is 0 Å². The highest BCUT2D eigenvalue weighted by Gasteiger charge is 2.20. The maximum Gasteiger partial charge on any atom is 0.161 e. The van der Waals surface area contributed by atoms with Crippen LogP contribution in [0.5, 0.6) is 5.75 Å². The zero-order chi connectivity index (χ0) is 12.3. The first kappa shape index (κ1) is 12.1. The third kappa shape index (κ3) is 2.32. The number of aryl methyl sites for hydroxylation is 1. The molecule has 0 aliphatic heterocycles. The summed E-state index contributed by atoms with van der Waals surface area (Å²) < 4.78 is 7.22. The molecule has 0 aromatic carbocycles. The molecule has 2 aromatic rings. The van der Waals surface area contributed by atoms with Gasteiger partial charge in [-0.3, -0.25) is 9.67 Å². The van der Waals surface area contributed by atoms with E-state index in [0.29, 0.717) is 0 Å². The van der Waals surface area contributed by atoms with Gasteiger partial charge >= 0.3 is 0 Å². The molecule has 2 rings (SSSR count). The fourth-order valence-electron chi connectivity index (χ4n) is 1.75. The topological polar surface area (TPSA) is 66.0 Å². The van der Waals surface area contributed by atoms with E-state index in [0.717, 1.165) is 29.3 Å². The summed E-state index contributed by atoms with van der Waals surface area (Å²) in [6.45, 7) is 2.95. The summed E-state index contributed by atoms with van der Waals surface area (Å²) in [5.41, 5.74) is 8.94. The third-order valence-corrected chi connectivity index (χ3v) is 3.41. The van der Waals surface area contributed by atoms with Gasteiger partial charge in [0.15, 0.2) is 5.75 Å². The smallest absolute Gasteiger partial charge is 0.161 e. The molecule has 0 fully saturated rings. The lowest BCUT2D eigenvalue weighted by molar-refractivity contribution is 0.404. The Hall–Kier alpha value is -1.40. The highest BCUT2D eigenvalue weighted by atomic mass is 32.1. The number of nitrogens with zero attached hydrogens (tertiary/aromatic N) is 3. The van der Waals surface area contributed by atoms with Crippen LogP contribution in [0.15, 0.2) is 17.9 Å². The van der Waals surface area contributed by atoms with Crippen molar-refractivity contribution in [1.82, 2.24) is 14.8 Å². The van der Waals surface area contributed by atoms with Gasteiger partial charge in [0.1, 0.15) is 5.69 Å². The minimum absolute atomic E-state index is 0.230. The van der Waals surface area contributed by atoms with Gasteiger partial charge in [0.2, 0.25) is 0 Å². The molecule has 92 valence electrons. The van der Waals surface area contributed by atoms with E-state index < -0.39 is 0 Å². The molecule has 0 amide bonds. The monoisotopic (exact) mass is 252 g/mol. The van der Waals surface area contributed by atoms with E-state index >= 15 is 0 Å². The van der Waals surface area contributed by atoms with Crippen LogP contribution in [0.2, 0.25) is 0 Å². The Kier molecular flexibility index (Phi) is 3.75. The molecule has 0 spiro atoms. The zero-order valence-corrected chi connectivity index (χ0v) is 10.8. The lowest BCUT2D eigenvalue weighted by Gasteiger charge is -2.13. The maximum atomic E-state index is 6.24. The summed E-state index contributed by atoms with van der Waals surface area (Å²) in [7, 11) is 1.64. The molecule has 0 saturated heterocycles. The number of hydrogen-bond acceptors (Lipinski definition) is 5. The van der Waals surface area contributed by atoms with E-state index in [4.69, 9.17) is 10.5 Å². The molecule has 1 unspecified atom stereocenters. The van der Waals surface area contributed by atoms with Gasteiger partial charge in [-0.2, -0.15) is 5.10 Å². The first-order chi connectivity index (χ1) is 8.27. The largest absolute Gasteiger partial charge is 0.493 e. The Morgan fingerprint density at radius 2 is 2.35 bits per heavy atom. The molecule has 1 atom stereocenters. The van der Waals surface area contributed by atoms with E-state index in [9.17, 15) is 0 Å². The Labute approximate surface area is 104 Å². The van der Waals surface area contributed by atoms with Crippen LogP contribution in [0.1, 0.15) is 30.0 Å². The van der Waals surface area contributed by atoms with E-state index in [1.165, 1.54) is 0 Å². The van der Waals surface area contributed by atoms with Gasteiger partial charge in [-0.1, -0.05) is 6.92 Å². The van der Waals surface area contributed by atoms with Crippen molar-refractivity contribution in [3.63, 3.8) is 0 Å². The Balaban J connectivity index is 2.38. The van der Waals surface area contributed by atoms with Crippen molar-refractivity contribution < 1.29 is 4.74 Å². The van der Waals surface area contributed by atoms with Gasteiger partial charge in [0.05, 0.1) is 24.9 Å². The fraction of sp³-hybridized carbons (Fsp3) is 0.455. The van der Waals surface area contributed by atoms with Crippen molar-refractivity contribution in [2.24, 2.45) is 5.73 Å². The van der Waals surface area contributed by atoms with Crippen LogP contribution in [0, 0.1) is 0 Å². The van der Waals surface area contributed by atoms with Crippen LogP contribution in [-0.2, 0) is 6.54 Å². The maximum absolute atomic E-state index is 6.24. The van der Waals surface area contributed by atoms with Crippen molar-refractivity contribution in [3.8, 4) is 5.75 Å². The van der Waals surface area contributed by atoms with Gasteiger partial charge in [0, 0.05) is 17.6 Å². The van der Waals surface area contributed by atoms with E-state index in [-0.39, 0.29) is 6.04 Å². The summed E-state index contributed by atoms with van der Waals surface area (Å²) in [6.07, 6.45) is 4.51. The first-order valence-corrected chi connectivity index (χ1v) is 6.39. The molecule has 0 aliphatic rings. The van der Waals surface area contributed by atoms with Gasteiger partial charge < -0.3 is 10.5 Å². The highest BCUT2D eigenvalue weighted by Crippen LogP contribution is 2.29. The lowest BCUT2D eigenvalue weighted by atomic mass is 10.2. The molecule has 2 N–H and O–H groups in total. The Morgan fingerprint density at radius 1 is 1.53 bits per heavy atom. The average molecular weight is 252 g/mol. The third-order valence-electron chi connectivity index (χ3n) is 2.55. The van der Waals surface area contributed by atoms with Crippen LogP contribution in [-0.4, -0.2) is 21.9 Å². The lowest BCUT2D eigenvalue weighted by Crippen LogP contribution is -2.17. The highest BCUT2D eigenvalue weighted by molar-refractivity contribution is 7.09. The predicted octanol–water partition coefficient (Wildman–Crippen LogP) is 1.81. The molecular formula is C11H16N4OS. The van der Waals surface area contributed by atoms with Gasteiger partial charge in [-0.25, -0.2) is 0 Å². The van der Waals surface area contributed by atoms with Crippen molar-refractivity contribution in [2.45, 2.75) is 25.9 Å². The number of methoxy groups -OCH3 is 1. The van der Waals surface area contributed by atoms with E-state index in [1.807, 2.05) is 4.68 Å². The number of ether oxygens (including phenoxy) is 1. The molecule has 0 aliphatic carbocycles. The van der Waals surface area contributed by atoms with Gasteiger partial charge in [-0.15, -0.1) is 11.3 Å². The molecule has 6 heteroatoms. The number of nitrogens with two attached hydrogens (primary N) is 1. The van der Waals surface area contributed by atoms with Crippen LogP contribution < -0.4 is 10.5 Å². The molecule has 0 saturated carbocycles. The number of thiazole rings is 1. The van der Waals surface area contributed by atoms with Crippen molar-refractivity contribution in [3.05, 3.63) is 28.5 Å². The van der Waals surface area contributed by atoms with Crippen molar-refractivity contribution >= 4 is 11.3 Å². The summed E-state index contributed by atoms with van der Waals surface area (Å²) in [5.74, 6) is 0.736. The summed E-state index contributed by atoms with van der Waals surface area (Å²) in [6, 6.07) is -0.230. The summed E-state index contributed by atoms with van der Waals surface area (Å²) in [4.78, 5) is 5.07. The second kappa shape index (κ2) is 5.29. The number of rotatable bonds is 5. The van der Waals surface area contributed by atoms with Crippen molar-refractivity contribution in [1.29, 1.82) is 0 Å². The Morgan fingerprint density at radius 3 is 2.94 bits per heavy atom. The van der Waals surface area contributed by atoms with E-state index in [2.05, 4.69) is 17.0 Å². The fourth-order valence-corrected chi connectivity index (χ4v) is 2.38. The minimum atomic E-state index is -0.230. The standard InChI is InChI=1S/C11H16N4OS/c1-3-4-15-11(8(16-2)5-14-15)10(12)9-6-13-7-17-9/h5-7,10H,3-4,12H2,1-2H3. The molecule has 5 nitrogen and oxygen atoms in total. The summed E-state index contributed by atoms with van der Waals surface area (Å²) >= 11 is 1.54. The van der Waals surface area contributed by atoms with E-state index in [1.54, 1.807) is 36.4 Å². The van der Waals surface area contributed by atoms with Crippen LogP contribution >= 0.6 is 11.3 Å². The SMILES string of the molecule is CCCn1ncc(OC)c1C(N)c1cncs1. The normalized spacial score (nSPS) is 12.6. The molecular weight excluding hydrogens is 236 g/mol. The molecule has 2 aromatic heterocycles. The quantitative estimate of drug-likeness (QED) is 0.881. The molecule has 2 heterocycles. The average Bonchev–Trinajstić information content (AvgIpc) is 2.97. The predicted molar refractivity (Wildman–Crippen MR) is 67.2 cm³/mol. The Bertz CT molecular complexity index is 466. The first-order valence-electron chi connectivity index (χ1n) is 5.51. The second-order valence-corrected chi connectivity index (χ2v) is 4.62. The molecule has 17 heavy (non-hydrogen) atoms. The van der Waals surface area contributed by atoms with Crippen molar-refractivity contribution in [2.75, 3.05) is 7.11 Å². The summed E-state index contributed by atoms with van der Waals surface area (Å²) in [5, 5.41) is 4.30.